The van der Waals surface area contributed by atoms with Gasteiger partial charge in [0.25, 0.3) is 0 Å². The molecule has 1 aliphatic heterocycles. The van der Waals surface area contributed by atoms with Crippen molar-refractivity contribution in [1.82, 2.24) is 0 Å². The molecule has 0 fully saturated rings. The molecule has 0 saturated heterocycles. The number of benzene rings is 1. The van der Waals surface area contributed by atoms with Gasteiger partial charge in [0, 0.05) is 22.9 Å². The number of thiophene rings is 1. The van der Waals surface area contributed by atoms with Crippen LogP contribution in [0.1, 0.15) is 29.0 Å². The smallest absolute Gasteiger partial charge is 0.135 e. The summed E-state index contributed by atoms with van der Waals surface area (Å²) in [6, 6.07) is 12.2. The molecule has 0 radical (unpaired) electrons. The fraction of sp³-hybridized carbons (Fsp3) is 0.231. The van der Waals surface area contributed by atoms with E-state index in [0.29, 0.717) is 0 Å². The monoisotopic (exact) mass is 309 g/mol. The van der Waals surface area contributed by atoms with E-state index in [4.69, 9.17) is 10.5 Å². The summed E-state index contributed by atoms with van der Waals surface area (Å²) in [5.74, 6) is 0.917. The van der Waals surface area contributed by atoms with Gasteiger partial charge in [-0.25, -0.2) is 0 Å². The van der Waals surface area contributed by atoms with Crippen LogP contribution in [0, 0.1) is 0 Å². The summed E-state index contributed by atoms with van der Waals surface area (Å²) in [6.07, 6.45) is 0.917. The molecule has 2 atom stereocenters. The highest BCUT2D eigenvalue weighted by Crippen LogP contribution is 2.41. The van der Waals surface area contributed by atoms with Crippen LogP contribution in [0.5, 0.6) is 5.75 Å². The maximum absolute atomic E-state index is 6.19. The Morgan fingerprint density at radius 3 is 2.82 bits per heavy atom. The van der Waals surface area contributed by atoms with E-state index in [-0.39, 0.29) is 12.1 Å². The highest BCUT2D eigenvalue weighted by molar-refractivity contribution is 9.11. The number of nitrogens with two attached hydrogens (primary N) is 1. The van der Waals surface area contributed by atoms with E-state index in [0.717, 1.165) is 21.5 Å². The van der Waals surface area contributed by atoms with Crippen molar-refractivity contribution in [2.45, 2.75) is 18.6 Å². The minimum Gasteiger partial charge on any atom is -0.484 e. The molecule has 1 aromatic heterocycles. The van der Waals surface area contributed by atoms with Gasteiger partial charge in [0.15, 0.2) is 0 Å². The largest absolute Gasteiger partial charge is 0.484 e. The van der Waals surface area contributed by atoms with E-state index in [9.17, 15) is 0 Å². The van der Waals surface area contributed by atoms with Crippen molar-refractivity contribution >= 4 is 27.3 Å². The van der Waals surface area contributed by atoms with Gasteiger partial charge in [-0.05, 0) is 34.1 Å². The average molecular weight is 310 g/mol. The first-order valence-electron chi connectivity index (χ1n) is 5.50. The van der Waals surface area contributed by atoms with E-state index in [1.54, 1.807) is 11.3 Å². The lowest BCUT2D eigenvalue weighted by atomic mass is 9.97. The van der Waals surface area contributed by atoms with Gasteiger partial charge in [0.05, 0.1) is 3.79 Å². The first-order chi connectivity index (χ1) is 8.24. The molecule has 17 heavy (non-hydrogen) atoms. The van der Waals surface area contributed by atoms with Crippen LogP contribution in [0.4, 0.5) is 0 Å². The van der Waals surface area contributed by atoms with Gasteiger partial charge in [-0.15, -0.1) is 11.3 Å². The Bertz CT molecular complexity index is 540. The van der Waals surface area contributed by atoms with Crippen molar-refractivity contribution in [2.24, 2.45) is 5.73 Å². The molecule has 4 heteroatoms. The molecule has 1 unspecified atom stereocenters. The minimum atomic E-state index is 0.0609. The Hall–Kier alpha value is -0.840. The molecule has 2 aromatic rings. The number of fused-ring (bicyclic) bond motifs is 1. The lowest BCUT2D eigenvalue weighted by Gasteiger charge is -2.29. The molecular weight excluding hydrogens is 298 g/mol. The fourth-order valence-electron chi connectivity index (χ4n) is 2.13. The maximum Gasteiger partial charge on any atom is 0.135 e. The molecule has 2 nitrogen and oxygen atoms in total. The number of halogens is 1. The van der Waals surface area contributed by atoms with Crippen molar-refractivity contribution in [1.29, 1.82) is 0 Å². The second-order valence-electron chi connectivity index (χ2n) is 4.13. The molecule has 0 spiro atoms. The van der Waals surface area contributed by atoms with Crippen molar-refractivity contribution in [3.05, 3.63) is 50.6 Å². The van der Waals surface area contributed by atoms with E-state index < -0.39 is 0 Å². The SMILES string of the molecule is N[C@H]1CC(c2ccc(Br)s2)Oc2ccccc21. The van der Waals surface area contributed by atoms with Crippen molar-refractivity contribution in [3.63, 3.8) is 0 Å². The Morgan fingerprint density at radius 1 is 1.24 bits per heavy atom. The third-order valence-electron chi connectivity index (χ3n) is 2.97. The highest BCUT2D eigenvalue weighted by atomic mass is 79.9. The zero-order valence-electron chi connectivity index (χ0n) is 9.10. The molecular formula is C13H12BrNOS. The summed E-state index contributed by atoms with van der Waals surface area (Å²) in [6.45, 7) is 0. The Kier molecular flexibility index (Phi) is 2.94. The van der Waals surface area contributed by atoms with Crippen LogP contribution in [-0.2, 0) is 0 Å². The van der Waals surface area contributed by atoms with Gasteiger partial charge in [-0.3, -0.25) is 0 Å². The van der Waals surface area contributed by atoms with Gasteiger partial charge < -0.3 is 10.5 Å². The van der Waals surface area contributed by atoms with Crippen LogP contribution >= 0.6 is 27.3 Å². The average Bonchev–Trinajstić information content (AvgIpc) is 2.76. The number of hydrogen-bond donors (Lipinski definition) is 1. The molecule has 0 saturated carbocycles. The van der Waals surface area contributed by atoms with Crippen LogP contribution in [0.25, 0.3) is 0 Å². The second-order valence-corrected chi connectivity index (χ2v) is 6.62. The van der Waals surface area contributed by atoms with Crippen LogP contribution in [0.2, 0.25) is 0 Å². The zero-order valence-corrected chi connectivity index (χ0v) is 11.5. The summed E-state index contributed by atoms with van der Waals surface area (Å²) >= 11 is 5.18. The van der Waals surface area contributed by atoms with E-state index in [1.165, 1.54) is 4.88 Å². The van der Waals surface area contributed by atoms with E-state index in [1.807, 2.05) is 24.3 Å². The number of hydrogen-bond acceptors (Lipinski definition) is 3. The molecule has 0 aliphatic carbocycles. The van der Waals surface area contributed by atoms with E-state index in [2.05, 4.69) is 28.1 Å². The van der Waals surface area contributed by atoms with Crippen LogP contribution in [-0.4, -0.2) is 0 Å². The van der Waals surface area contributed by atoms with Crippen molar-refractivity contribution < 1.29 is 4.74 Å². The van der Waals surface area contributed by atoms with Gasteiger partial charge >= 0.3 is 0 Å². The molecule has 0 amide bonds. The summed E-state index contributed by atoms with van der Waals surface area (Å²) in [5, 5.41) is 0. The topological polar surface area (TPSA) is 35.2 Å². The Balaban J connectivity index is 1.93. The lowest BCUT2D eigenvalue weighted by Crippen LogP contribution is -2.23. The molecule has 88 valence electrons. The lowest BCUT2D eigenvalue weighted by molar-refractivity contribution is 0.165. The highest BCUT2D eigenvalue weighted by Gasteiger charge is 2.27. The zero-order chi connectivity index (χ0) is 11.8. The van der Waals surface area contributed by atoms with Crippen molar-refractivity contribution in [3.8, 4) is 5.75 Å². The van der Waals surface area contributed by atoms with E-state index >= 15 is 0 Å². The van der Waals surface area contributed by atoms with Gasteiger partial charge in [0.2, 0.25) is 0 Å². The number of para-hydroxylation sites is 1. The maximum atomic E-state index is 6.19. The first-order valence-corrected chi connectivity index (χ1v) is 7.11. The summed E-state index contributed by atoms with van der Waals surface area (Å²) in [7, 11) is 0. The quantitative estimate of drug-likeness (QED) is 0.863. The van der Waals surface area contributed by atoms with Gasteiger partial charge in [-0.2, -0.15) is 0 Å². The standard InChI is InChI=1S/C13H12BrNOS/c14-13-6-5-12(17-13)11-7-9(15)8-3-1-2-4-10(8)16-11/h1-6,9,11H,7,15H2/t9-,11?/m0/s1. The number of ether oxygens (including phenoxy) is 1. The van der Waals surface area contributed by atoms with Gasteiger partial charge in [-0.1, -0.05) is 18.2 Å². The minimum absolute atomic E-state index is 0.0609. The fourth-order valence-corrected chi connectivity index (χ4v) is 3.59. The second kappa shape index (κ2) is 4.44. The summed E-state index contributed by atoms with van der Waals surface area (Å²) in [4.78, 5) is 1.22. The van der Waals surface area contributed by atoms with Crippen molar-refractivity contribution in [2.75, 3.05) is 0 Å². The third kappa shape index (κ3) is 2.12. The Labute approximate surface area is 113 Å². The first kappa shape index (κ1) is 11.3. The molecule has 3 rings (SSSR count). The molecule has 1 aromatic carbocycles. The molecule has 2 N–H and O–H groups in total. The Morgan fingerprint density at radius 2 is 2.06 bits per heavy atom. The molecule has 2 heterocycles. The summed E-state index contributed by atoms with van der Waals surface area (Å²) in [5.41, 5.74) is 7.30. The van der Waals surface area contributed by atoms with Crippen LogP contribution in [0.15, 0.2) is 40.2 Å². The predicted octanol–water partition coefficient (Wildman–Crippen LogP) is 4.03. The number of rotatable bonds is 1. The molecule has 1 aliphatic rings. The van der Waals surface area contributed by atoms with Crippen LogP contribution in [0.3, 0.4) is 0 Å². The molecule has 0 bridgehead atoms. The predicted molar refractivity (Wildman–Crippen MR) is 73.4 cm³/mol. The third-order valence-corrected chi connectivity index (χ3v) is 4.68. The normalized spacial score (nSPS) is 22.9. The van der Waals surface area contributed by atoms with Gasteiger partial charge in [0.1, 0.15) is 11.9 Å². The van der Waals surface area contributed by atoms with Crippen LogP contribution < -0.4 is 10.5 Å². The summed E-state index contributed by atoms with van der Waals surface area (Å²) < 4.78 is 7.14.